The van der Waals surface area contributed by atoms with E-state index in [1.165, 1.54) is 17.3 Å². The normalized spacial score (nSPS) is 12.3. The van der Waals surface area contributed by atoms with Crippen molar-refractivity contribution in [1.82, 2.24) is 20.4 Å². The third kappa shape index (κ3) is 4.10. The van der Waals surface area contributed by atoms with Crippen LogP contribution in [0.15, 0.2) is 38.3 Å². The average molecular weight is 332 g/mol. The van der Waals surface area contributed by atoms with Crippen molar-refractivity contribution in [2.75, 3.05) is 0 Å². The summed E-state index contributed by atoms with van der Waals surface area (Å²) in [6.45, 7) is 5.94. The standard InChI is InChI=1S/C15H16N4O3S/c1-9-4-6-12(7-5-9)20-8-13-17-19-15(22-13)23-10(2)14-18-16-11(3)21-14/h4-7,10H,8H2,1-3H3. The lowest BCUT2D eigenvalue weighted by atomic mass is 10.2. The maximum Gasteiger partial charge on any atom is 0.277 e. The molecule has 0 radical (unpaired) electrons. The summed E-state index contributed by atoms with van der Waals surface area (Å²) in [5, 5.41) is 16.1. The zero-order valence-corrected chi connectivity index (χ0v) is 13.8. The van der Waals surface area contributed by atoms with E-state index in [0.29, 0.717) is 22.9 Å². The Hall–Kier alpha value is -2.35. The van der Waals surface area contributed by atoms with Gasteiger partial charge in [-0.2, -0.15) is 0 Å². The molecule has 1 aromatic carbocycles. The van der Waals surface area contributed by atoms with E-state index in [-0.39, 0.29) is 11.9 Å². The number of rotatable bonds is 6. The Morgan fingerprint density at radius 2 is 1.83 bits per heavy atom. The zero-order valence-electron chi connectivity index (χ0n) is 13.0. The van der Waals surface area contributed by atoms with Crippen molar-refractivity contribution < 1.29 is 13.6 Å². The molecule has 8 heteroatoms. The minimum absolute atomic E-state index is 0.0671. The first-order valence-electron chi connectivity index (χ1n) is 7.08. The van der Waals surface area contributed by atoms with Gasteiger partial charge in [0.15, 0.2) is 6.61 Å². The summed E-state index contributed by atoms with van der Waals surface area (Å²) in [5.74, 6) is 2.24. The average Bonchev–Trinajstić information content (AvgIpc) is 3.16. The molecule has 7 nitrogen and oxygen atoms in total. The van der Waals surface area contributed by atoms with Crippen LogP contribution < -0.4 is 4.74 Å². The van der Waals surface area contributed by atoms with Crippen molar-refractivity contribution in [3.05, 3.63) is 47.5 Å². The first-order chi connectivity index (χ1) is 11.1. The summed E-state index contributed by atoms with van der Waals surface area (Å²) < 4.78 is 16.5. The quantitative estimate of drug-likeness (QED) is 0.634. The fraction of sp³-hybridized carbons (Fsp3) is 0.333. The second-order valence-corrected chi connectivity index (χ2v) is 6.27. The smallest absolute Gasteiger partial charge is 0.277 e. The van der Waals surface area contributed by atoms with Gasteiger partial charge in [-0.1, -0.05) is 29.5 Å². The highest BCUT2D eigenvalue weighted by atomic mass is 32.2. The molecule has 0 spiro atoms. The van der Waals surface area contributed by atoms with Crippen molar-refractivity contribution in [1.29, 1.82) is 0 Å². The number of ether oxygens (including phenoxy) is 1. The third-order valence-corrected chi connectivity index (χ3v) is 3.92. The Bertz CT molecular complexity index is 769. The second kappa shape index (κ2) is 6.82. The van der Waals surface area contributed by atoms with Crippen LogP contribution in [0.3, 0.4) is 0 Å². The highest BCUT2D eigenvalue weighted by Crippen LogP contribution is 2.33. The summed E-state index contributed by atoms with van der Waals surface area (Å²) in [5.41, 5.74) is 1.18. The Kier molecular flexibility index (Phi) is 4.61. The number of hydrogen-bond donors (Lipinski definition) is 0. The monoisotopic (exact) mass is 332 g/mol. The molecule has 3 aromatic rings. The molecule has 3 rings (SSSR count). The van der Waals surface area contributed by atoms with Crippen molar-refractivity contribution in [3.63, 3.8) is 0 Å². The summed E-state index contributed by atoms with van der Waals surface area (Å²) in [6.07, 6.45) is 0. The molecule has 0 aliphatic rings. The molecule has 0 fully saturated rings. The third-order valence-electron chi connectivity index (χ3n) is 3.00. The maximum atomic E-state index is 5.61. The van der Waals surface area contributed by atoms with Gasteiger partial charge in [-0.25, -0.2) is 0 Å². The van der Waals surface area contributed by atoms with Crippen LogP contribution in [0.5, 0.6) is 5.75 Å². The molecule has 0 saturated carbocycles. The molecule has 23 heavy (non-hydrogen) atoms. The van der Waals surface area contributed by atoms with Crippen molar-refractivity contribution >= 4 is 11.8 Å². The molecule has 0 aliphatic carbocycles. The van der Waals surface area contributed by atoms with Crippen LogP contribution in [0.25, 0.3) is 0 Å². The second-order valence-electron chi connectivity index (χ2n) is 4.98. The van der Waals surface area contributed by atoms with Gasteiger partial charge in [-0.15, -0.1) is 20.4 Å². The topological polar surface area (TPSA) is 87.1 Å². The SMILES string of the molecule is Cc1ccc(OCc2nnc(SC(C)c3nnc(C)o3)o2)cc1. The number of aryl methyl sites for hydroxylation is 2. The fourth-order valence-electron chi connectivity index (χ4n) is 1.80. The first-order valence-corrected chi connectivity index (χ1v) is 7.96. The van der Waals surface area contributed by atoms with Gasteiger partial charge in [0.2, 0.25) is 11.8 Å². The van der Waals surface area contributed by atoms with Gasteiger partial charge in [-0.3, -0.25) is 0 Å². The Balaban J connectivity index is 1.56. The number of benzene rings is 1. The van der Waals surface area contributed by atoms with Gasteiger partial charge in [0.05, 0.1) is 5.25 Å². The molecule has 0 amide bonds. The number of hydrogen-bond acceptors (Lipinski definition) is 8. The Morgan fingerprint density at radius 1 is 1.04 bits per heavy atom. The first kappa shape index (κ1) is 15.5. The van der Waals surface area contributed by atoms with E-state index in [1.807, 2.05) is 38.1 Å². The minimum atomic E-state index is -0.0671. The largest absolute Gasteiger partial charge is 0.484 e. The van der Waals surface area contributed by atoms with Gasteiger partial charge >= 0.3 is 0 Å². The van der Waals surface area contributed by atoms with E-state index in [9.17, 15) is 0 Å². The van der Waals surface area contributed by atoms with Gasteiger partial charge in [0.25, 0.3) is 11.1 Å². The van der Waals surface area contributed by atoms with Gasteiger partial charge < -0.3 is 13.6 Å². The van der Waals surface area contributed by atoms with Crippen LogP contribution in [0.1, 0.15) is 35.4 Å². The molecule has 2 heterocycles. The van der Waals surface area contributed by atoms with Crippen molar-refractivity contribution in [2.45, 2.75) is 37.9 Å². The predicted octanol–water partition coefficient (Wildman–Crippen LogP) is 3.50. The molecule has 0 bridgehead atoms. The maximum absolute atomic E-state index is 5.61. The molecule has 2 aromatic heterocycles. The lowest BCUT2D eigenvalue weighted by molar-refractivity contribution is 0.252. The minimum Gasteiger partial charge on any atom is -0.484 e. The van der Waals surface area contributed by atoms with Crippen LogP contribution in [-0.4, -0.2) is 20.4 Å². The fourth-order valence-corrected chi connectivity index (χ4v) is 2.53. The van der Waals surface area contributed by atoms with Gasteiger partial charge in [0, 0.05) is 6.92 Å². The molecular weight excluding hydrogens is 316 g/mol. The zero-order chi connectivity index (χ0) is 16.2. The highest BCUT2D eigenvalue weighted by Gasteiger charge is 2.18. The lowest BCUT2D eigenvalue weighted by Gasteiger charge is -2.03. The van der Waals surface area contributed by atoms with Crippen LogP contribution >= 0.6 is 11.8 Å². The molecule has 1 atom stereocenters. The lowest BCUT2D eigenvalue weighted by Crippen LogP contribution is -1.95. The summed E-state index contributed by atoms with van der Waals surface area (Å²) in [6, 6.07) is 7.78. The number of thioether (sulfide) groups is 1. The van der Waals surface area contributed by atoms with Gasteiger partial charge in [-0.05, 0) is 26.0 Å². The Morgan fingerprint density at radius 3 is 2.52 bits per heavy atom. The summed E-state index contributed by atoms with van der Waals surface area (Å²) in [7, 11) is 0. The van der Waals surface area contributed by atoms with Gasteiger partial charge in [0.1, 0.15) is 5.75 Å². The molecule has 0 saturated heterocycles. The van der Waals surface area contributed by atoms with Crippen LogP contribution in [-0.2, 0) is 6.61 Å². The Labute approximate surface area is 137 Å². The molecule has 1 unspecified atom stereocenters. The van der Waals surface area contributed by atoms with E-state index >= 15 is 0 Å². The number of aromatic nitrogens is 4. The van der Waals surface area contributed by atoms with Crippen LogP contribution in [0.2, 0.25) is 0 Å². The molecule has 0 N–H and O–H groups in total. The van der Waals surface area contributed by atoms with Crippen molar-refractivity contribution in [2.24, 2.45) is 0 Å². The van der Waals surface area contributed by atoms with E-state index < -0.39 is 0 Å². The number of nitrogens with zero attached hydrogens (tertiary/aromatic N) is 4. The molecular formula is C15H16N4O3S. The predicted molar refractivity (Wildman–Crippen MR) is 83.1 cm³/mol. The van der Waals surface area contributed by atoms with Crippen LogP contribution in [0, 0.1) is 13.8 Å². The summed E-state index contributed by atoms with van der Waals surface area (Å²) >= 11 is 1.36. The van der Waals surface area contributed by atoms with Crippen LogP contribution in [0.4, 0.5) is 0 Å². The van der Waals surface area contributed by atoms with E-state index in [0.717, 1.165) is 5.75 Å². The van der Waals surface area contributed by atoms with E-state index in [2.05, 4.69) is 20.4 Å². The molecule has 120 valence electrons. The van der Waals surface area contributed by atoms with E-state index in [1.54, 1.807) is 6.92 Å². The van der Waals surface area contributed by atoms with E-state index in [4.69, 9.17) is 13.6 Å². The highest BCUT2D eigenvalue weighted by molar-refractivity contribution is 7.99. The summed E-state index contributed by atoms with van der Waals surface area (Å²) in [4.78, 5) is 0. The molecule has 0 aliphatic heterocycles. The van der Waals surface area contributed by atoms with Crippen molar-refractivity contribution in [3.8, 4) is 5.75 Å².